The molecule has 3 aromatic rings. The molecule has 6 nitrogen and oxygen atoms in total. The summed E-state index contributed by atoms with van der Waals surface area (Å²) >= 11 is 0. The van der Waals surface area contributed by atoms with Crippen LogP contribution < -0.4 is 15.2 Å². The summed E-state index contributed by atoms with van der Waals surface area (Å²) < 4.78 is 5.47. The lowest BCUT2D eigenvalue weighted by atomic mass is 9.95. The maximum absolute atomic E-state index is 12.6. The number of aromatic nitrogens is 2. The van der Waals surface area contributed by atoms with Crippen molar-refractivity contribution < 1.29 is 9.84 Å². The number of methoxy groups -OCH3 is 1. The van der Waals surface area contributed by atoms with Crippen molar-refractivity contribution in [3.8, 4) is 33.9 Å². The zero-order chi connectivity index (χ0) is 20.4. The maximum atomic E-state index is 12.6. The highest BCUT2D eigenvalue weighted by molar-refractivity contribution is 5.85. The quantitative estimate of drug-likeness (QED) is 0.594. The van der Waals surface area contributed by atoms with E-state index >= 15 is 0 Å². The van der Waals surface area contributed by atoms with Gasteiger partial charge in [-0.05, 0) is 48.2 Å². The first-order chi connectivity index (χ1) is 13.4. The van der Waals surface area contributed by atoms with Gasteiger partial charge in [0, 0.05) is 19.2 Å². The van der Waals surface area contributed by atoms with Gasteiger partial charge in [-0.1, -0.05) is 26.0 Å². The van der Waals surface area contributed by atoms with Crippen LogP contribution in [0.1, 0.15) is 32.3 Å². The Hall–Kier alpha value is -3.15. The van der Waals surface area contributed by atoms with Crippen molar-refractivity contribution in [2.45, 2.75) is 26.7 Å². The minimum Gasteiger partial charge on any atom is -0.507 e. The highest BCUT2D eigenvalue weighted by Crippen LogP contribution is 2.38. The molecule has 0 unspecified atom stereocenters. The molecule has 0 bridgehead atoms. The molecule has 0 atom stereocenters. The first-order valence-electron chi connectivity index (χ1n) is 9.40. The Morgan fingerprint density at radius 1 is 1.14 bits per heavy atom. The van der Waals surface area contributed by atoms with Gasteiger partial charge in [0.1, 0.15) is 11.5 Å². The lowest BCUT2D eigenvalue weighted by molar-refractivity contribution is 0.415. The lowest BCUT2D eigenvalue weighted by Crippen LogP contribution is -2.16. The molecule has 0 amide bonds. The number of hydrogen-bond donors (Lipinski definition) is 3. The van der Waals surface area contributed by atoms with Crippen LogP contribution in [-0.4, -0.2) is 36.0 Å². The minimum absolute atomic E-state index is 0.125. The van der Waals surface area contributed by atoms with Crippen molar-refractivity contribution in [1.29, 1.82) is 0 Å². The van der Waals surface area contributed by atoms with Crippen molar-refractivity contribution in [1.82, 2.24) is 10.2 Å². The van der Waals surface area contributed by atoms with Crippen LogP contribution in [0.25, 0.3) is 22.4 Å². The van der Waals surface area contributed by atoms with E-state index in [1.807, 2.05) is 37.4 Å². The van der Waals surface area contributed by atoms with Gasteiger partial charge in [0.2, 0.25) is 0 Å². The summed E-state index contributed by atoms with van der Waals surface area (Å²) in [6.07, 6.45) is 0. The second kappa shape index (κ2) is 7.84. The van der Waals surface area contributed by atoms with Gasteiger partial charge in [0.25, 0.3) is 5.56 Å². The summed E-state index contributed by atoms with van der Waals surface area (Å²) in [4.78, 5) is 14.7. The number of aromatic amines is 2. The molecule has 0 aliphatic rings. The molecule has 0 radical (unpaired) electrons. The number of rotatable bonds is 6. The van der Waals surface area contributed by atoms with E-state index in [1.54, 1.807) is 13.2 Å². The van der Waals surface area contributed by atoms with Crippen LogP contribution in [0.4, 0.5) is 5.69 Å². The lowest BCUT2D eigenvalue weighted by Gasteiger charge is -2.20. The number of benzene rings is 2. The molecule has 0 saturated carbocycles. The minimum atomic E-state index is -0.236. The molecule has 0 saturated heterocycles. The molecule has 6 heteroatoms. The third kappa shape index (κ3) is 3.50. The van der Waals surface area contributed by atoms with Crippen LogP contribution in [0.5, 0.6) is 11.5 Å². The number of phenols is 1. The molecule has 0 aliphatic heterocycles. The molecular weight excluding hydrogens is 354 g/mol. The fourth-order valence-corrected chi connectivity index (χ4v) is 3.26. The molecule has 3 rings (SSSR count). The van der Waals surface area contributed by atoms with Crippen LogP contribution in [0, 0.1) is 0 Å². The van der Waals surface area contributed by atoms with Crippen molar-refractivity contribution in [2.24, 2.45) is 0 Å². The fraction of sp³-hybridized carbons (Fsp3) is 0.318. The third-order valence-electron chi connectivity index (χ3n) is 5.09. The summed E-state index contributed by atoms with van der Waals surface area (Å²) in [6, 6.07) is 11.1. The van der Waals surface area contributed by atoms with Crippen molar-refractivity contribution in [3.63, 3.8) is 0 Å². The number of anilines is 1. The third-order valence-corrected chi connectivity index (χ3v) is 5.09. The molecule has 0 fully saturated rings. The van der Waals surface area contributed by atoms with Gasteiger partial charge in [-0.25, -0.2) is 0 Å². The van der Waals surface area contributed by atoms with Crippen molar-refractivity contribution in [3.05, 3.63) is 52.3 Å². The van der Waals surface area contributed by atoms with E-state index in [0.717, 1.165) is 29.1 Å². The number of hydrogen-bond acceptors (Lipinski definition) is 4. The molecule has 3 N–H and O–H groups in total. The standard InChI is InChI=1S/C22H27N3O3/c1-6-25(4)17-12-15(8-10-19(17)28-5)20-21(23-24-22(20)27)16-11-14(13(2)3)7-9-18(16)26/h7-13,26H,6H2,1-5H3,(H2,23,24,27). The Kier molecular flexibility index (Phi) is 5.49. The monoisotopic (exact) mass is 381 g/mol. The zero-order valence-corrected chi connectivity index (χ0v) is 17.0. The predicted octanol–water partition coefficient (Wildman–Crippen LogP) is 4.33. The molecule has 1 aromatic heterocycles. The molecular formula is C22H27N3O3. The van der Waals surface area contributed by atoms with Gasteiger partial charge < -0.3 is 14.7 Å². The number of H-pyrrole nitrogens is 2. The van der Waals surface area contributed by atoms with E-state index in [9.17, 15) is 9.90 Å². The second-order valence-electron chi connectivity index (χ2n) is 7.16. The first-order valence-corrected chi connectivity index (χ1v) is 9.40. The number of nitrogens with zero attached hydrogens (tertiary/aromatic N) is 1. The fourth-order valence-electron chi connectivity index (χ4n) is 3.26. The SMILES string of the molecule is CCN(C)c1cc(-c2c(-c3cc(C(C)C)ccc3O)[nH][nH]c2=O)ccc1OC. The Bertz CT molecular complexity index is 1030. The zero-order valence-electron chi connectivity index (χ0n) is 17.0. The van der Waals surface area contributed by atoms with Gasteiger partial charge >= 0.3 is 0 Å². The van der Waals surface area contributed by atoms with Gasteiger partial charge in [-0.2, -0.15) is 0 Å². The predicted molar refractivity (Wildman–Crippen MR) is 114 cm³/mol. The summed E-state index contributed by atoms with van der Waals surface area (Å²) in [7, 11) is 3.60. The molecule has 0 aliphatic carbocycles. The number of nitrogens with one attached hydrogen (secondary N) is 2. The summed E-state index contributed by atoms with van der Waals surface area (Å²) in [5, 5.41) is 16.1. The Balaban J connectivity index is 2.21. The number of aromatic hydroxyl groups is 1. The summed E-state index contributed by atoms with van der Waals surface area (Å²) in [5.41, 5.74) is 4.16. The van der Waals surface area contributed by atoms with Crippen LogP contribution in [-0.2, 0) is 0 Å². The molecule has 0 spiro atoms. The molecule has 2 aromatic carbocycles. The average molecular weight is 381 g/mol. The van der Waals surface area contributed by atoms with Gasteiger partial charge in [-0.15, -0.1) is 0 Å². The van der Waals surface area contributed by atoms with E-state index in [4.69, 9.17) is 4.74 Å². The van der Waals surface area contributed by atoms with Crippen LogP contribution >= 0.6 is 0 Å². The van der Waals surface area contributed by atoms with Crippen LogP contribution in [0.15, 0.2) is 41.2 Å². The van der Waals surface area contributed by atoms with Crippen molar-refractivity contribution >= 4 is 5.69 Å². The van der Waals surface area contributed by atoms with Gasteiger partial charge in [-0.3, -0.25) is 15.0 Å². The van der Waals surface area contributed by atoms with Crippen LogP contribution in [0.3, 0.4) is 0 Å². The van der Waals surface area contributed by atoms with Gasteiger partial charge in [0.05, 0.1) is 24.1 Å². The van der Waals surface area contributed by atoms with E-state index in [0.29, 0.717) is 22.7 Å². The molecule has 28 heavy (non-hydrogen) atoms. The van der Waals surface area contributed by atoms with E-state index in [1.165, 1.54) is 0 Å². The average Bonchev–Trinajstić information content (AvgIpc) is 3.08. The first kappa shape index (κ1) is 19.6. The summed E-state index contributed by atoms with van der Waals surface area (Å²) in [6.45, 7) is 7.03. The number of ether oxygens (including phenoxy) is 1. The van der Waals surface area contributed by atoms with Crippen LogP contribution in [0.2, 0.25) is 0 Å². The normalized spacial score (nSPS) is 11.1. The summed E-state index contributed by atoms with van der Waals surface area (Å²) in [5.74, 6) is 1.17. The number of phenolic OH excluding ortho intramolecular Hbond substituents is 1. The Labute approximate surface area is 164 Å². The molecule has 1 heterocycles. The highest BCUT2D eigenvalue weighted by atomic mass is 16.5. The Morgan fingerprint density at radius 2 is 1.89 bits per heavy atom. The van der Waals surface area contributed by atoms with E-state index in [-0.39, 0.29) is 11.3 Å². The highest BCUT2D eigenvalue weighted by Gasteiger charge is 2.19. The second-order valence-corrected chi connectivity index (χ2v) is 7.16. The van der Waals surface area contributed by atoms with E-state index < -0.39 is 0 Å². The van der Waals surface area contributed by atoms with E-state index in [2.05, 4.69) is 35.9 Å². The van der Waals surface area contributed by atoms with Crippen molar-refractivity contribution in [2.75, 3.05) is 25.6 Å². The largest absolute Gasteiger partial charge is 0.507 e. The maximum Gasteiger partial charge on any atom is 0.272 e. The Morgan fingerprint density at radius 3 is 2.54 bits per heavy atom. The topological polar surface area (TPSA) is 81.4 Å². The smallest absolute Gasteiger partial charge is 0.272 e. The van der Waals surface area contributed by atoms with Gasteiger partial charge in [0.15, 0.2) is 0 Å². The molecule has 148 valence electrons.